The SMILES string of the molecule is O=C(c1cc2ccccc2[nH]1)N1CCc2sccc2[C@H]1c1cccs1. The van der Waals surface area contributed by atoms with Crippen LogP contribution in [0, 0.1) is 0 Å². The Morgan fingerprint density at radius 2 is 2.00 bits per heavy atom. The lowest BCUT2D eigenvalue weighted by Crippen LogP contribution is -2.39. The van der Waals surface area contributed by atoms with Crippen LogP contribution in [0.15, 0.2) is 59.3 Å². The molecule has 5 heteroatoms. The van der Waals surface area contributed by atoms with Gasteiger partial charge in [0.15, 0.2) is 0 Å². The van der Waals surface area contributed by atoms with E-state index in [2.05, 4.69) is 33.9 Å². The number of thiophene rings is 2. The molecule has 1 atom stereocenters. The molecule has 124 valence electrons. The van der Waals surface area contributed by atoms with E-state index in [-0.39, 0.29) is 11.9 Å². The molecule has 0 saturated carbocycles. The third kappa shape index (κ3) is 2.42. The highest BCUT2D eigenvalue weighted by atomic mass is 32.1. The zero-order valence-corrected chi connectivity index (χ0v) is 15.1. The second-order valence-corrected chi connectivity index (χ2v) is 8.22. The molecule has 1 aliphatic heterocycles. The molecule has 0 bridgehead atoms. The Morgan fingerprint density at radius 1 is 1.08 bits per heavy atom. The number of hydrogen-bond donors (Lipinski definition) is 1. The van der Waals surface area contributed by atoms with Crippen LogP contribution < -0.4 is 0 Å². The van der Waals surface area contributed by atoms with Gasteiger partial charge in [-0.3, -0.25) is 4.79 Å². The molecule has 1 aromatic carbocycles. The van der Waals surface area contributed by atoms with Crippen molar-refractivity contribution in [2.75, 3.05) is 6.54 Å². The van der Waals surface area contributed by atoms with Gasteiger partial charge in [0, 0.05) is 27.2 Å². The fourth-order valence-electron chi connectivity index (χ4n) is 3.63. The summed E-state index contributed by atoms with van der Waals surface area (Å²) >= 11 is 3.52. The van der Waals surface area contributed by atoms with Gasteiger partial charge in [0.2, 0.25) is 0 Å². The highest BCUT2D eigenvalue weighted by molar-refractivity contribution is 7.10. The molecule has 1 N–H and O–H groups in total. The monoisotopic (exact) mass is 364 g/mol. The molecule has 4 heterocycles. The predicted octanol–water partition coefficient (Wildman–Crippen LogP) is 5.08. The second kappa shape index (κ2) is 5.86. The summed E-state index contributed by atoms with van der Waals surface area (Å²) in [5.74, 6) is 0.0754. The van der Waals surface area contributed by atoms with E-state index in [1.165, 1.54) is 15.3 Å². The summed E-state index contributed by atoms with van der Waals surface area (Å²) in [6.45, 7) is 0.754. The maximum absolute atomic E-state index is 13.3. The van der Waals surface area contributed by atoms with Crippen molar-refractivity contribution in [1.82, 2.24) is 9.88 Å². The van der Waals surface area contributed by atoms with Gasteiger partial charge < -0.3 is 9.88 Å². The fraction of sp³-hybridized carbons (Fsp3) is 0.150. The van der Waals surface area contributed by atoms with Crippen LogP contribution in [0.25, 0.3) is 10.9 Å². The minimum atomic E-state index is 0.0221. The van der Waals surface area contributed by atoms with Crippen molar-refractivity contribution in [1.29, 1.82) is 0 Å². The number of amides is 1. The minimum absolute atomic E-state index is 0.0221. The van der Waals surface area contributed by atoms with E-state index < -0.39 is 0 Å². The van der Waals surface area contributed by atoms with E-state index in [0.29, 0.717) is 5.69 Å². The molecular formula is C20H16N2OS2. The van der Waals surface area contributed by atoms with Crippen molar-refractivity contribution in [3.8, 4) is 0 Å². The number of para-hydroxylation sites is 1. The molecular weight excluding hydrogens is 348 g/mol. The number of aromatic nitrogens is 1. The number of carbonyl (C=O) groups excluding carboxylic acids is 1. The predicted molar refractivity (Wildman–Crippen MR) is 104 cm³/mol. The number of rotatable bonds is 2. The first-order valence-electron chi connectivity index (χ1n) is 8.29. The largest absolute Gasteiger partial charge is 0.351 e. The van der Waals surface area contributed by atoms with Crippen LogP contribution in [-0.2, 0) is 6.42 Å². The lowest BCUT2D eigenvalue weighted by Gasteiger charge is -2.35. The molecule has 1 aliphatic rings. The van der Waals surface area contributed by atoms with E-state index in [1.54, 1.807) is 22.7 Å². The van der Waals surface area contributed by atoms with Crippen molar-refractivity contribution in [2.24, 2.45) is 0 Å². The summed E-state index contributed by atoms with van der Waals surface area (Å²) in [4.78, 5) is 21.2. The van der Waals surface area contributed by atoms with Crippen molar-refractivity contribution >= 4 is 39.5 Å². The average molecular weight is 364 g/mol. The molecule has 0 aliphatic carbocycles. The van der Waals surface area contributed by atoms with Crippen molar-refractivity contribution in [3.63, 3.8) is 0 Å². The van der Waals surface area contributed by atoms with Crippen LogP contribution in [0.3, 0.4) is 0 Å². The summed E-state index contributed by atoms with van der Waals surface area (Å²) in [5.41, 5.74) is 2.95. The average Bonchev–Trinajstić information content (AvgIpc) is 3.39. The summed E-state index contributed by atoms with van der Waals surface area (Å²) < 4.78 is 0. The standard InChI is InChI=1S/C20H16N2OS2/c23-20(16-12-13-4-1-2-5-15(13)21-16)22-9-7-17-14(8-11-25-17)19(22)18-6-3-10-24-18/h1-6,8,10-12,19,21H,7,9H2/t19-/m0/s1. The summed E-state index contributed by atoms with van der Waals surface area (Å²) in [6.07, 6.45) is 0.931. The maximum Gasteiger partial charge on any atom is 0.271 e. The number of H-pyrrole nitrogens is 1. The zero-order valence-electron chi connectivity index (χ0n) is 13.4. The van der Waals surface area contributed by atoms with Crippen molar-refractivity contribution < 1.29 is 4.79 Å². The van der Waals surface area contributed by atoms with Crippen LogP contribution in [0.5, 0.6) is 0 Å². The molecule has 4 aromatic rings. The Bertz CT molecular complexity index is 1010. The smallest absolute Gasteiger partial charge is 0.271 e. The molecule has 0 saturated heterocycles. The van der Waals surface area contributed by atoms with E-state index in [4.69, 9.17) is 0 Å². The number of aromatic amines is 1. The Balaban J connectivity index is 1.58. The first-order valence-corrected chi connectivity index (χ1v) is 10.1. The molecule has 3 nitrogen and oxygen atoms in total. The molecule has 3 aromatic heterocycles. The van der Waals surface area contributed by atoms with Gasteiger partial charge >= 0.3 is 0 Å². The van der Waals surface area contributed by atoms with Gasteiger partial charge in [0.1, 0.15) is 5.69 Å². The molecule has 0 unspecified atom stereocenters. The quantitative estimate of drug-likeness (QED) is 0.529. The van der Waals surface area contributed by atoms with Crippen LogP contribution in [0.4, 0.5) is 0 Å². The molecule has 0 radical (unpaired) electrons. The first kappa shape index (κ1) is 14.9. The number of carbonyl (C=O) groups is 1. The van der Waals surface area contributed by atoms with Crippen LogP contribution in [0.1, 0.15) is 31.8 Å². The second-order valence-electron chi connectivity index (χ2n) is 6.24. The van der Waals surface area contributed by atoms with E-state index in [9.17, 15) is 4.79 Å². The molecule has 1 amide bonds. The molecule has 0 fully saturated rings. The first-order chi connectivity index (χ1) is 12.3. The maximum atomic E-state index is 13.3. The van der Waals surface area contributed by atoms with Crippen LogP contribution in [0.2, 0.25) is 0 Å². The Morgan fingerprint density at radius 3 is 2.84 bits per heavy atom. The van der Waals surface area contributed by atoms with Gasteiger partial charge in [-0.25, -0.2) is 0 Å². The number of nitrogens with zero attached hydrogens (tertiary/aromatic N) is 1. The highest BCUT2D eigenvalue weighted by Crippen LogP contribution is 2.40. The number of nitrogens with one attached hydrogen (secondary N) is 1. The van der Waals surface area contributed by atoms with E-state index in [0.717, 1.165) is 23.9 Å². The highest BCUT2D eigenvalue weighted by Gasteiger charge is 2.34. The summed E-state index contributed by atoms with van der Waals surface area (Å²) in [7, 11) is 0. The Labute approximate surface area is 153 Å². The van der Waals surface area contributed by atoms with Crippen LogP contribution in [-0.4, -0.2) is 22.3 Å². The number of benzene rings is 1. The van der Waals surface area contributed by atoms with Crippen LogP contribution >= 0.6 is 22.7 Å². The number of hydrogen-bond acceptors (Lipinski definition) is 3. The number of fused-ring (bicyclic) bond motifs is 2. The Kier molecular flexibility index (Phi) is 3.50. The van der Waals surface area contributed by atoms with E-state index in [1.807, 2.05) is 35.2 Å². The lowest BCUT2D eigenvalue weighted by atomic mass is 9.98. The van der Waals surface area contributed by atoms with Crippen molar-refractivity contribution in [2.45, 2.75) is 12.5 Å². The van der Waals surface area contributed by atoms with Gasteiger partial charge in [0.05, 0.1) is 6.04 Å². The minimum Gasteiger partial charge on any atom is -0.351 e. The van der Waals surface area contributed by atoms with Gasteiger partial charge in [0.25, 0.3) is 5.91 Å². The third-order valence-corrected chi connectivity index (χ3v) is 6.72. The van der Waals surface area contributed by atoms with Gasteiger partial charge in [-0.05, 0) is 47.0 Å². The summed E-state index contributed by atoms with van der Waals surface area (Å²) in [5, 5.41) is 5.30. The molecule has 5 rings (SSSR count). The third-order valence-electron chi connectivity index (χ3n) is 4.80. The van der Waals surface area contributed by atoms with Gasteiger partial charge in [-0.15, -0.1) is 22.7 Å². The summed E-state index contributed by atoms with van der Waals surface area (Å²) in [6, 6.07) is 16.4. The zero-order chi connectivity index (χ0) is 16.8. The fourth-order valence-corrected chi connectivity index (χ4v) is 5.39. The van der Waals surface area contributed by atoms with Crippen molar-refractivity contribution in [3.05, 3.63) is 80.3 Å². The lowest BCUT2D eigenvalue weighted by molar-refractivity contribution is 0.0693. The van der Waals surface area contributed by atoms with Gasteiger partial charge in [-0.1, -0.05) is 24.3 Å². The normalized spacial score (nSPS) is 17.0. The topological polar surface area (TPSA) is 36.1 Å². The van der Waals surface area contributed by atoms with Gasteiger partial charge in [-0.2, -0.15) is 0 Å². The Hall–Kier alpha value is -2.37. The van der Waals surface area contributed by atoms with E-state index >= 15 is 0 Å². The molecule has 25 heavy (non-hydrogen) atoms. The molecule has 0 spiro atoms.